The van der Waals surface area contributed by atoms with Crippen LogP contribution in [-0.4, -0.2) is 15.3 Å². The molecule has 0 aromatic heterocycles. The second-order valence-electron chi connectivity index (χ2n) is 17.0. The molecular formula is C41H62O3. The monoisotopic (exact) mass is 602 g/mol. The summed E-state index contributed by atoms with van der Waals surface area (Å²) < 4.78 is 0. The number of aromatic hydroxyl groups is 3. The van der Waals surface area contributed by atoms with Gasteiger partial charge in [-0.2, -0.15) is 0 Å². The van der Waals surface area contributed by atoms with Crippen LogP contribution in [0.1, 0.15) is 159 Å². The fourth-order valence-corrected chi connectivity index (χ4v) is 6.06. The molecular weight excluding hydrogens is 540 g/mol. The summed E-state index contributed by atoms with van der Waals surface area (Å²) in [6.07, 6.45) is 2.10. The first-order chi connectivity index (χ1) is 19.8. The summed E-state index contributed by atoms with van der Waals surface area (Å²) in [6.45, 7) is 34.1. The lowest BCUT2D eigenvalue weighted by Gasteiger charge is -2.29. The molecule has 0 aliphatic carbocycles. The molecule has 3 heteroatoms. The van der Waals surface area contributed by atoms with Crippen LogP contribution in [0.15, 0.2) is 36.4 Å². The molecule has 0 amide bonds. The van der Waals surface area contributed by atoms with Crippen molar-refractivity contribution in [2.75, 3.05) is 0 Å². The summed E-state index contributed by atoms with van der Waals surface area (Å²) >= 11 is 0. The number of benzene rings is 3. The third-order valence-electron chi connectivity index (χ3n) is 8.58. The number of phenols is 3. The molecule has 0 aliphatic rings. The Balaban J connectivity index is 0.000000358. The highest BCUT2D eigenvalue weighted by molar-refractivity contribution is 5.53. The minimum Gasteiger partial charge on any atom is -0.508 e. The van der Waals surface area contributed by atoms with E-state index < -0.39 is 0 Å². The van der Waals surface area contributed by atoms with Crippen molar-refractivity contribution in [3.05, 3.63) is 86.5 Å². The van der Waals surface area contributed by atoms with Gasteiger partial charge in [-0.3, -0.25) is 0 Å². The maximum atomic E-state index is 10.5. The van der Waals surface area contributed by atoms with Crippen molar-refractivity contribution in [2.24, 2.45) is 0 Å². The molecule has 0 unspecified atom stereocenters. The van der Waals surface area contributed by atoms with E-state index in [2.05, 4.69) is 135 Å². The number of hydrogen-bond donors (Lipinski definition) is 3. The van der Waals surface area contributed by atoms with E-state index in [-0.39, 0.29) is 27.6 Å². The largest absolute Gasteiger partial charge is 0.508 e. The first-order valence-corrected chi connectivity index (χ1v) is 16.3. The molecule has 0 fully saturated rings. The predicted molar refractivity (Wildman–Crippen MR) is 190 cm³/mol. The van der Waals surface area contributed by atoms with Gasteiger partial charge in [0.1, 0.15) is 17.2 Å². The average molecular weight is 603 g/mol. The highest BCUT2D eigenvalue weighted by Crippen LogP contribution is 2.43. The standard InChI is InChI=1S/C26H38O2.C15H24O/c1-10-11-18(19-14-21(25(4,5)6)23(27)12-16(19)2)20-15-22(26(7,8)9)24(28)13-17(20)3;1-10-8-11(14(2,3)4)13(16)12(9-10)15(5,6)7/h12-15,18,27-28H,10-11H2,1-9H3;8-9,16H,1-7H3. The van der Waals surface area contributed by atoms with Crippen LogP contribution in [-0.2, 0) is 21.7 Å². The van der Waals surface area contributed by atoms with Crippen LogP contribution in [0.3, 0.4) is 0 Å². The van der Waals surface area contributed by atoms with Crippen molar-refractivity contribution in [3.8, 4) is 17.2 Å². The summed E-state index contributed by atoms with van der Waals surface area (Å²) in [5.74, 6) is 1.46. The molecule has 0 spiro atoms. The summed E-state index contributed by atoms with van der Waals surface area (Å²) in [6, 6.07) is 12.4. The lowest BCUT2D eigenvalue weighted by atomic mass is 9.76. The molecule has 0 aliphatic heterocycles. The maximum Gasteiger partial charge on any atom is 0.123 e. The van der Waals surface area contributed by atoms with Crippen molar-refractivity contribution in [3.63, 3.8) is 0 Å². The van der Waals surface area contributed by atoms with Crippen LogP contribution >= 0.6 is 0 Å². The van der Waals surface area contributed by atoms with Crippen LogP contribution in [0.4, 0.5) is 0 Å². The Morgan fingerprint density at radius 1 is 0.500 bits per heavy atom. The van der Waals surface area contributed by atoms with Crippen molar-refractivity contribution < 1.29 is 15.3 Å². The van der Waals surface area contributed by atoms with E-state index in [1.54, 1.807) is 0 Å². The molecule has 44 heavy (non-hydrogen) atoms. The van der Waals surface area contributed by atoms with E-state index >= 15 is 0 Å². The summed E-state index contributed by atoms with van der Waals surface area (Å²) in [7, 11) is 0. The van der Waals surface area contributed by atoms with Crippen molar-refractivity contribution in [1.82, 2.24) is 0 Å². The zero-order valence-electron chi connectivity index (χ0n) is 30.8. The van der Waals surface area contributed by atoms with Crippen LogP contribution in [0.5, 0.6) is 17.2 Å². The van der Waals surface area contributed by atoms with Gasteiger partial charge in [-0.15, -0.1) is 0 Å². The zero-order valence-corrected chi connectivity index (χ0v) is 30.8. The molecule has 3 aromatic carbocycles. The van der Waals surface area contributed by atoms with Gasteiger partial charge >= 0.3 is 0 Å². The first-order valence-electron chi connectivity index (χ1n) is 16.3. The molecule has 0 saturated heterocycles. The van der Waals surface area contributed by atoms with E-state index in [9.17, 15) is 15.3 Å². The Labute approximate surface area is 269 Å². The Morgan fingerprint density at radius 3 is 1.09 bits per heavy atom. The van der Waals surface area contributed by atoms with Crippen molar-refractivity contribution in [2.45, 2.75) is 151 Å². The molecule has 3 aromatic rings. The van der Waals surface area contributed by atoms with Gasteiger partial charge in [0.25, 0.3) is 0 Å². The van der Waals surface area contributed by atoms with Crippen molar-refractivity contribution in [1.29, 1.82) is 0 Å². The van der Waals surface area contributed by atoms with Gasteiger partial charge in [0.2, 0.25) is 0 Å². The predicted octanol–water partition coefficient (Wildman–Crippen LogP) is 11.5. The SMILES string of the molecule is CCCC(c1cc(C(C)(C)C)c(O)cc1C)c1cc(C(C)(C)C)c(O)cc1C.Cc1cc(C(C)(C)C)c(O)c(C(C)(C)C)c1. The first kappa shape index (κ1) is 37.2. The third kappa shape index (κ3) is 8.83. The molecule has 0 atom stereocenters. The minimum absolute atomic E-state index is 0.0178. The fourth-order valence-electron chi connectivity index (χ4n) is 6.06. The Hall–Kier alpha value is -2.94. The van der Waals surface area contributed by atoms with E-state index in [0.29, 0.717) is 17.2 Å². The Kier molecular flexibility index (Phi) is 11.2. The van der Waals surface area contributed by atoms with E-state index in [0.717, 1.165) is 46.2 Å². The second-order valence-corrected chi connectivity index (χ2v) is 17.0. The quantitative estimate of drug-likeness (QED) is 0.278. The molecule has 0 saturated carbocycles. The number of phenolic OH excluding ortho intramolecular Hbond substituents is 3. The van der Waals surface area contributed by atoms with Gasteiger partial charge in [-0.25, -0.2) is 0 Å². The molecule has 0 heterocycles. The lowest BCUT2D eigenvalue weighted by Crippen LogP contribution is -2.17. The molecule has 0 radical (unpaired) electrons. The highest BCUT2D eigenvalue weighted by atomic mass is 16.3. The minimum atomic E-state index is -0.121. The molecule has 3 rings (SSSR count). The highest BCUT2D eigenvalue weighted by Gasteiger charge is 2.28. The maximum absolute atomic E-state index is 10.5. The Bertz CT molecular complexity index is 1340. The normalized spacial score (nSPS) is 12.8. The Morgan fingerprint density at radius 2 is 0.818 bits per heavy atom. The lowest BCUT2D eigenvalue weighted by molar-refractivity contribution is 0.423. The molecule has 3 nitrogen and oxygen atoms in total. The molecule has 244 valence electrons. The van der Waals surface area contributed by atoms with Gasteiger partial charge in [-0.05, 0) is 105 Å². The number of aryl methyl sites for hydroxylation is 3. The van der Waals surface area contributed by atoms with Crippen molar-refractivity contribution >= 4 is 0 Å². The van der Waals surface area contributed by atoms with Gasteiger partial charge < -0.3 is 15.3 Å². The van der Waals surface area contributed by atoms with E-state index in [1.807, 2.05) is 12.1 Å². The fraction of sp³-hybridized carbons (Fsp3) is 0.561. The van der Waals surface area contributed by atoms with Gasteiger partial charge in [0, 0.05) is 5.92 Å². The van der Waals surface area contributed by atoms with Gasteiger partial charge in [-0.1, -0.05) is 126 Å². The van der Waals surface area contributed by atoms with Crippen LogP contribution < -0.4 is 0 Å². The summed E-state index contributed by atoms with van der Waals surface area (Å²) in [5, 5.41) is 31.5. The van der Waals surface area contributed by atoms with E-state index in [1.165, 1.54) is 16.7 Å². The summed E-state index contributed by atoms with van der Waals surface area (Å²) in [4.78, 5) is 0. The van der Waals surface area contributed by atoms with Gasteiger partial charge in [0.05, 0.1) is 0 Å². The molecule has 0 bridgehead atoms. The van der Waals surface area contributed by atoms with Crippen LogP contribution in [0.2, 0.25) is 0 Å². The second kappa shape index (κ2) is 13.2. The summed E-state index contributed by atoms with van der Waals surface area (Å²) in [5.41, 5.74) is 9.78. The van der Waals surface area contributed by atoms with Crippen LogP contribution in [0.25, 0.3) is 0 Å². The van der Waals surface area contributed by atoms with Gasteiger partial charge in [0.15, 0.2) is 0 Å². The third-order valence-corrected chi connectivity index (χ3v) is 8.58. The average Bonchev–Trinajstić information content (AvgIpc) is 2.82. The van der Waals surface area contributed by atoms with E-state index in [4.69, 9.17) is 0 Å². The number of hydrogen-bond acceptors (Lipinski definition) is 3. The zero-order chi connectivity index (χ0) is 34.2. The smallest absolute Gasteiger partial charge is 0.123 e. The number of rotatable bonds is 4. The topological polar surface area (TPSA) is 60.7 Å². The molecule has 3 N–H and O–H groups in total. The van der Waals surface area contributed by atoms with Crippen LogP contribution in [0, 0.1) is 20.8 Å².